The number of ether oxygens (including phenoxy) is 1. The summed E-state index contributed by atoms with van der Waals surface area (Å²) >= 11 is 5.47. The zero-order valence-electron chi connectivity index (χ0n) is 13.6. The highest BCUT2D eigenvalue weighted by atomic mass is 32.1. The third-order valence-corrected chi connectivity index (χ3v) is 5.37. The maximum absolute atomic E-state index is 5.80. The molecule has 0 spiro atoms. The van der Waals surface area contributed by atoms with Crippen LogP contribution >= 0.6 is 12.2 Å². The van der Waals surface area contributed by atoms with Gasteiger partial charge in [-0.05, 0) is 79.7 Å². The van der Waals surface area contributed by atoms with Gasteiger partial charge in [0.15, 0.2) is 5.11 Å². The van der Waals surface area contributed by atoms with Crippen molar-refractivity contribution in [2.24, 2.45) is 11.8 Å². The Hall–Kier alpha value is -2.07. The van der Waals surface area contributed by atoms with E-state index in [1.807, 2.05) is 54.6 Å². The zero-order chi connectivity index (χ0) is 16.4. The van der Waals surface area contributed by atoms with Gasteiger partial charge in [-0.2, -0.15) is 0 Å². The molecule has 0 radical (unpaired) electrons. The largest absolute Gasteiger partial charge is 0.457 e. The molecule has 124 valence electrons. The molecule has 0 amide bonds. The van der Waals surface area contributed by atoms with Crippen LogP contribution in [0.25, 0.3) is 0 Å². The molecule has 4 rings (SSSR count). The van der Waals surface area contributed by atoms with E-state index in [2.05, 4.69) is 10.6 Å². The Morgan fingerprint density at radius 1 is 0.917 bits per heavy atom. The fourth-order valence-electron chi connectivity index (χ4n) is 3.99. The normalized spacial score (nSPS) is 24.6. The van der Waals surface area contributed by atoms with E-state index in [1.54, 1.807) is 0 Å². The van der Waals surface area contributed by atoms with Crippen LogP contribution < -0.4 is 15.4 Å². The summed E-state index contributed by atoms with van der Waals surface area (Å²) in [6.07, 6.45) is 5.42. The molecule has 3 atom stereocenters. The van der Waals surface area contributed by atoms with Crippen LogP contribution in [0.1, 0.15) is 25.7 Å². The van der Waals surface area contributed by atoms with E-state index in [0.717, 1.165) is 34.1 Å². The Balaban J connectivity index is 1.31. The Morgan fingerprint density at radius 3 is 2.33 bits per heavy atom. The van der Waals surface area contributed by atoms with Gasteiger partial charge in [0.1, 0.15) is 11.5 Å². The number of fused-ring (bicyclic) bond motifs is 2. The van der Waals surface area contributed by atoms with Gasteiger partial charge in [-0.25, -0.2) is 0 Å². The molecule has 4 heteroatoms. The molecule has 3 unspecified atom stereocenters. The van der Waals surface area contributed by atoms with Gasteiger partial charge in [0.25, 0.3) is 0 Å². The summed E-state index contributed by atoms with van der Waals surface area (Å²) in [5, 5.41) is 7.51. The highest BCUT2D eigenvalue weighted by molar-refractivity contribution is 7.80. The number of anilines is 1. The van der Waals surface area contributed by atoms with Crippen molar-refractivity contribution in [2.75, 3.05) is 5.32 Å². The van der Waals surface area contributed by atoms with E-state index in [-0.39, 0.29) is 0 Å². The average molecular weight is 338 g/mol. The highest BCUT2D eigenvalue weighted by Crippen LogP contribution is 2.44. The van der Waals surface area contributed by atoms with E-state index >= 15 is 0 Å². The van der Waals surface area contributed by atoms with E-state index in [1.165, 1.54) is 25.7 Å². The van der Waals surface area contributed by atoms with Crippen LogP contribution in [0.5, 0.6) is 11.5 Å². The fourth-order valence-corrected chi connectivity index (χ4v) is 4.26. The maximum atomic E-state index is 5.80. The van der Waals surface area contributed by atoms with Gasteiger partial charge in [-0.15, -0.1) is 0 Å². The number of thiocarbonyl (C=S) groups is 1. The fraction of sp³-hybridized carbons (Fsp3) is 0.350. The molecule has 2 fully saturated rings. The smallest absolute Gasteiger partial charge is 0.171 e. The minimum absolute atomic E-state index is 0.560. The molecule has 2 aliphatic rings. The third kappa shape index (κ3) is 3.54. The lowest BCUT2D eigenvalue weighted by Crippen LogP contribution is -2.40. The molecule has 24 heavy (non-hydrogen) atoms. The molecule has 0 heterocycles. The number of hydrogen-bond donors (Lipinski definition) is 2. The van der Waals surface area contributed by atoms with Crippen LogP contribution in [-0.2, 0) is 0 Å². The first-order chi connectivity index (χ1) is 11.8. The molecule has 2 aromatic rings. The van der Waals surface area contributed by atoms with Crippen molar-refractivity contribution in [3.8, 4) is 11.5 Å². The number of hydrogen-bond acceptors (Lipinski definition) is 2. The van der Waals surface area contributed by atoms with Crippen LogP contribution in [0, 0.1) is 11.8 Å². The number of benzene rings is 2. The second-order valence-electron chi connectivity index (χ2n) is 6.82. The van der Waals surface area contributed by atoms with Crippen LogP contribution in [-0.4, -0.2) is 11.2 Å². The summed E-state index contributed by atoms with van der Waals surface area (Å²) in [6.45, 7) is 0. The highest BCUT2D eigenvalue weighted by Gasteiger charge is 2.39. The molecular weight excluding hydrogens is 316 g/mol. The first-order valence-electron chi connectivity index (χ1n) is 8.67. The van der Waals surface area contributed by atoms with E-state index in [4.69, 9.17) is 17.0 Å². The van der Waals surface area contributed by atoms with E-state index < -0.39 is 0 Å². The third-order valence-electron chi connectivity index (χ3n) is 5.15. The molecule has 3 nitrogen and oxygen atoms in total. The van der Waals surface area contributed by atoms with Gasteiger partial charge >= 0.3 is 0 Å². The lowest BCUT2D eigenvalue weighted by molar-refractivity contribution is 0.392. The molecule has 2 N–H and O–H groups in total. The van der Waals surface area contributed by atoms with Crippen molar-refractivity contribution >= 4 is 23.0 Å². The topological polar surface area (TPSA) is 33.3 Å². The van der Waals surface area contributed by atoms with Crippen LogP contribution in [0.2, 0.25) is 0 Å². The SMILES string of the molecule is S=C(Nc1ccc(Oc2ccccc2)cc1)NC1CC2CCC1C2. The van der Waals surface area contributed by atoms with Gasteiger partial charge in [0.2, 0.25) is 0 Å². The van der Waals surface area contributed by atoms with Crippen molar-refractivity contribution in [1.82, 2.24) is 5.32 Å². The predicted molar refractivity (Wildman–Crippen MR) is 102 cm³/mol. The summed E-state index contributed by atoms with van der Waals surface area (Å²) in [5.74, 6) is 3.39. The molecule has 0 saturated heterocycles. The standard InChI is InChI=1S/C20H22N2OS/c24-20(22-19-13-14-6-7-15(19)12-14)21-16-8-10-18(11-9-16)23-17-4-2-1-3-5-17/h1-5,8-11,14-15,19H,6-7,12-13H2,(H2,21,22,24). The van der Waals surface area contributed by atoms with Crippen molar-refractivity contribution in [3.63, 3.8) is 0 Å². The Bertz CT molecular complexity index is 701. The second-order valence-corrected chi connectivity index (χ2v) is 7.23. The van der Waals surface area contributed by atoms with Gasteiger partial charge in [0, 0.05) is 11.7 Å². The molecule has 0 aliphatic heterocycles. The molecule has 2 aromatic carbocycles. The van der Waals surface area contributed by atoms with Crippen molar-refractivity contribution in [1.29, 1.82) is 0 Å². The van der Waals surface area contributed by atoms with Crippen LogP contribution in [0.3, 0.4) is 0 Å². The van der Waals surface area contributed by atoms with Crippen molar-refractivity contribution in [3.05, 3.63) is 54.6 Å². The molecular formula is C20H22N2OS. The molecule has 2 saturated carbocycles. The first kappa shape index (κ1) is 15.5. The molecule has 2 bridgehead atoms. The number of nitrogens with one attached hydrogen (secondary N) is 2. The minimum atomic E-state index is 0.560. The lowest BCUT2D eigenvalue weighted by Gasteiger charge is -2.24. The predicted octanol–water partition coefficient (Wildman–Crippen LogP) is 4.95. The maximum Gasteiger partial charge on any atom is 0.171 e. The summed E-state index contributed by atoms with van der Waals surface area (Å²) in [5.41, 5.74) is 0.982. The van der Waals surface area contributed by atoms with E-state index in [0.29, 0.717) is 6.04 Å². The zero-order valence-corrected chi connectivity index (χ0v) is 14.4. The summed E-state index contributed by atoms with van der Waals surface area (Å²) in [6, 6.07) is 18.2. The average Bonchev–Trinajstić information content (AvgIpc) is 3.20. The Labute approximate surface area is 148 Å². The monoisotopic (exact) mass is 338 g/mol. The van der Waals surface area contributed by atoms with Crippen molar-refractivity contribution < 1.29 is 4.74 Å². The first-order valence-corrected chi connectivity index (χ1v) is 9.07. The molecule has 2 aliphatic carbocycles. The Kier molecular flexibility index (Phi) is 4.39. The quantitative estimate of drug-likeness (QED) is 0.773. The molecule has 0 aromatic heterocycles. The van der Waals surface area contributed by atoms with Gasteiger partial charge in [-0.3, -0.25) is 0 Å². The van der Waals surface area contributed by atoms with Crippen molar-refractivity contribution in [2.45, 2.75) is 31.7 Å². The summed E-state index contributed by atoms with van der Waals surface area (Å²) < 4.78 is 5.80. The van der Waals surface area contributed by atoms with Crippen LogP contribution in [0.15, 0.2) is 54.6 Å². The number of rotatable bonds is 4. The minimum Gasteiger partial charge on any atom is -0.457 e. The van der Waals surface area contributed by atoms with Crippen LogP contribution in [0.4, 0.5) is 5.69 Å². The van der Waals surface area contributed by atoms with Gasteiger partial charge < -0.3 is 15.4 Å². The Morgan fingerprint density at radius 2 is 1.67 bits per heavy atom. The number of para-hydroxylation sites is 1. The summed E-state index contributed by atoms with van der Waals surface area (Å²) in [4.78, 5) is 0. The summed E-state index contributed by atoms with van der Waals surface area (Å²) in [7, 11) is 0. The van der Waals surface area contributed by atoms with Gasteiger partial charge in [-0.1, -0.05) is 24.6 Å². The lowest BCUT2D eigenvalue weighted by atomic mass is 9.96. The van der Waals surface area contributed by atoms with E-state index in [9.17, 15) is 0 Å². The second kappa shape index (κ2) is 6.81. The van der Waals surface area contributed by atoms with Gasteiger partial charge in [0.05, 0.1) is 0 Å².